The SMILES string of the molecule is O=C(NCC1CCCC1CBr)c1ccc(F)cc1F. The molecule has 2 unspecified atom stereocenters. The number of amides is 1. The van der Waals surface area contributed by atoms with Crippen LogP contribution in [0.4, 0.5) is 8.78 Å². The summed E-state index contributed by atoms with van der Waals surface area (Å²) in [5.41, 5.74) is -0.102. The quantitative estimate of drug-likeness (QED) is 0.840. The van der Waals surface area contributed by atoms with Crippen LogP contribution >= 0.6 is 15.9 Å². The minimum Gasteiger partial charge on any atom is -0.352 e. The summed E-state index contributed by atoms with van der Waals surface area (Å²) < 4.78 is 26.2. The molecule has 0 heterocycles. The third-order valence-corrected chi connectivity index (χ3v) is 4.55. The number of carbonyl (C=O) groups is 1. The van der Waals surface area contributed by atoms with E-state index >= 15 is 0 Å². The van der Waals surface area contributed by atoms with Crippen LogP contribution in [0.1, 0.15) is 29.6 Å². The predicted octanol–water partition coefficient (Wildman–Crippen LogP) is 3.51. The van der Waals surface area contributed by atoms with Gasteiger partial charge in [-0.25, -0.2) is 8.78 Å². The zero-order chi connectivity index (χ0) is 13.8. The van der Waals surface area contributed by atoms with Gasteiger partial charge in [0.15, 0.2) is 0 Å². The molecule has 0 aliphatic heterocycles. The summed E-state index contributed by atoms with van der Waals surface area (Å²) in [5.74, 6) is -0.965. The second-order valence-electron chi connectivity index (χ2n) is 4.94. The number of hydrogen-bond donors (Lipinski definition) is 1. The van der Waals surface area contributed by atoms with Crippen LogP contribution in [0, 0.1) is 23.5 Å². The first kappa shape index (κ1) is 14.4. The second-order valence-corrected chi connectivity index (χ2v) is 5.59. The van der Waals surface area contributed by atoms with Gasteiger partial charge in [-0.2, -0.15) is 0 Å². The van der Waals surface area contributed by atoms with Crippen molar-refractivity contribution in [1.82, 2.24) is 5.32 Å². The lowest BCUT2D eigenvalue weighted by Crippen LogP contribution is -2.31. The van der Waals surface area contributed by atoms with Crippen LogP contribution in [0.2, 0.25) is 0 Å². The van der Waals surface area contributed by atoms with Crippen LogP contribution in [0.25, 0.3) is 0 Å². The molecule has 1 aliphatic rings. The minimum atomic E-state index is -0.819. The van der Waals surface area contributed by atoms with E-state index in [1.54, 1.807) is 0 Å². The summed E-state index contributed by atoms with van der Waals surface area (Å²) in [4.78, 5) is 11.8. The van der Waals surface area contributed by atoms with Gasteiger partial charge in [0.1, 0.15) is 11.6 Å². The summed E-state index contributed by atoms with van der Waals surface area (Å²) in [6.45, 7) is 0.548. The fourth-order valence-electron chi connectivity index (χ4n) is 2.58. The lowest BCUT2D eigenvalue weighted by molar-refractivity contribution is 0.0940. The summed E-state index contributed by atoms with van der Waals surface area (Å²) >= 11 is 3.47. The lowest BCUT2D eigenvalue weighted by Gasteiger charge is -2.17. The highest BCUT2D eigenvalue weighted by Crippen LogP contribution is 2.32. The number of nitrogens with one attached hydrogen (secondary N) is 1. The maximum Gasteiger partial charge on any atom is 0.254 e. The minimum absolute atomic E-state index is 0.102. The standard InChI is InChI=1S/C14H16BrF2NO/c15-7-9-2-1-3-10(9)8-18-14(19)12-5-4-11(16)6-13(12)17/h4-6,9-10H,1-3,7-8H2,(H,18,19). The third-order valence-electron chi connectivity index (χ3n) is 3.72. The predicted molar refractivity (Wildman–Crippen MR) is 73.3 cm³/mol. The van der Waals surface area contributed by atoms with Gasteiger partial charge in [-0.15, -0.1) is 0 Å². The Morgan fingerprint density at radius 1 is 1.32 bits per heavy atom. The molecule has 0 aromatic heterocycles. The Kier molecular flexibility index (Phi) is 4.91. The van der Waals surface area contributed by atoms with Gasteiger partial charge in [-0.05, 0) is 36.8 Å². The summed E-state index contributed by atoms with van der Waals surface area (Å²) in [5, 5.41) is 3.67. The zero-order valence-electron chi connectivity index (χ0n) is 10.5. The third kappa shape index (κ3) is 3.53. The van der Waals surface area contributed by atoms with E-state index in [2.05, 4.69) is 21.2 Å². The number of hydrogen-bond acceptors (Lipinski definition) is 1. The van der Waals surface area contributed by atoms with Crippen molar-refractivity contribution in [1.29, 1.82) is 0 Å². The van der Waals surface area contributed by atoms with Crippen molar-refractivity contribution in [2.24, 2.45) is 11.8 Å². The van der Waals surface area contributed by atoms with Crippen LogP contribution in [-0.4, -0.2) is 17.8 Å². The van der Waals surface area contributed by atoms with E-state index < -0.39 is 17.5 Å². The van der Waals surface area contributed by atoms with Crippen LogP contribution in [0.5, 0.6) is 0 Å². The largest absolute Gasteiger partial charge is 0.352 e. The maximum absolute atomic E-state index is 13.4. The van der Waals surface area contributed by atoms with Gasteiger partial charge < -0.3 is 5.32 Å². The van der Waals surface area contributed by atoms with Crippen molar-refractivity contribution in [3.63, 3.8) is 0 Å². The van der Waals surface area contributed by atoms with Gasteiger partial charge in [0, 0.05) is 17.9 Å². The van der Waals surface area contributed by atoms with Gasteiger partial charge in [-0.3, -0.25) is 4.79 Å². The molecule has 1 aliphatic carbocycles. The van der Waals surface area contributed by atoms with Crippen LogP contribution < -0.4 is 5.32 Å². The molecule has 2 rings (SSSR count). The van der Waals surface area contributed by atoms with Crippen LogP contribution in [0.15, 0.2) is 18.2 Å². The molecule has 1 fully saturated rings. The Morgan fingerprint density at radius 2 is 2.05 bits per heavy atom. The van der Waals surface area contributed by atoms with Gasteiger partial charge in [0.2, 0.25) is 0 Å². The first-order chi connectivity index (χ1) is 9.11. The zero-order valence-corrected chi connectivity index (χ0v) is 12.1. The van der Waals surface area contributed by atoms with Crippen molar-refractivity contribution < 1.29 is 13.6 Å². The van der Waals surface area contributed by atoms with Gasteiger partial charge in [0.25, 0.3) is 5.91 Å². The average molecular weight is 332 g/mol. The van der Waals surface area contributed by atoms with E-state index in [-0.39, 0.29) is 5.56 Å². The number of halogens is 3. The van der Waals surface area contributed by atoms with Gasteiger partial charge in [-0.1, -0.05) is 22.4 Å². The molecule has 0 saturated heterocycles. The average Bonchev–Trinajstić information content (AvgIpc) is 2.83. The molecule has 104 valence electrons. The molecule has 2 nitrogen and oxygen atoms in total. The highest BCUT2D eigenvalue weighted by molar-refractivity contribution is 9.09. The highest BCUT2D eigenvalue weighted by Gasteiger charge is 2.26. The van der Waals surface area contributed by atoms with Crippen molar-refractivity contribution >= 4 is 21.8 Å². The monoisotopic (exact) mass is 331 g/mol. The summed E-state index contributed by atoms with van der Waals surface area (Å²) in [6.07, 6.45) is 3.42. The number of carbonyl (C=O) groups excluding carboxylic acids is 1. The molecule has 1 aromatic carbocycles. The van der Waals surface area contributed by atoms with E-state index in [9.17, 15) is 13.6 Å². The van der Waals surface area contributed by atoms with E-state index in [1.165, 1.54) is 12.5 Å². The number of benzene rings is 1. The number of alkyl halides is 1. The second kappa shape index (κ2) is 6.46. The Morgan fingerprint density at radius 3 is 2.74 bits per heavy atom. The smallest absolute Gasteiger partial charge is 0.254 e. The molecule has 1 saturated carbocycles. The maximum atomic E-state index is 13.4. The molecule has 19 heavy (non-hydrogen) atoms. The molecule has 5 heteroatoms. The van der Waals surface area contributed by atoms with E-state index in [0.717, 1.165) is 30.3 Å². The molecule has 1 amide bonds. The Balaban J connectivity index is 1.94. The summed E-state index contributed by atoms with van der Waals surface area (Å²) in [7, 11) is 0. The lowest BCUT2D eigenvalue weighted by atomic mass is 9.98. The molecular formula is C14H16BrF2NO. The van der Waals surface area contributed by atoms with E-state index in [0.29, 0.717) is 18.4 Å². The van der Waals surface area contributed by atoms with E-state index in [4.69, 9.17) is 0 Å². The first-order valence-corrected chi connectivity index (χ1v) is 7.53. The Bertz CT molecular complexity index is 467. The summed E-state index contributed by atoms with van der Waals surface area (Å²) in [6, 6.07) is 3.00. The van der Waals surface area contributed by atoms with Crippen molar-refractivity contribution in [2.45, 2.75) is 19.3 Å². The Hall–Kier alpha value is -0.970. The fraction of sp³-hybridized carbons (Fsp3) is 0.500. The molecule has 0 bridgehead atoms. The van der Waals surface area contributed by atoms with Crippen LogP contribution in [0.3, 0.4) is 0 Å². The Labute approximate surface area is 119 Å². The molecule has 0 radical (unpaired) electrons. The van der Waals surface area contributed by atoms with Crippen molar-refractivity contribution in [3.05, 3.63) is 35.4 Å². The van der Waals surface area contributed by atoms with Gasteiger partial charge >= 0.3 is 0 Å². The van der Waals surface area contributed by atoms with E-state index in [1.807, 2.05) is 0 Å². The molecular weight excluding hydrogens is 316 g/mol. The molecule has 2 atom stereocenters. The molecule has 0 spiro atoms. The van der Waals surface area contributed by atoms with Crippen molar-refractivity contribution in [3.8, 4) is 0 Å². The number of rotatable bonds is 4. The topological polar surface area (TPSA) is 29.1 Å². The first-order valence-electron chi connectivity index (χ1n) is 6.41. The van der Waals surface area contributed by atoms with Crippen LogP contribution in [-0.2, 0) is 0 Å². The molecule has 1 N–H and O–H groups in total. The highest BCUT2D eigenvalue weighted by atomic mass is 79.9. The fourth-order valence-corrected chi connectivity index (χ4v) is 3.43. The van der Waals surface area contributed by atoms with Gasteiger partial charge in [0.05, 0.1) is 5.56 Å². The van der Waals surface area contributed by atoms with Crippen molar-refractivity contribution in [2.75, 3.05) is 11.9 Å². The molecule has 1 aromatic rings. The normalized spacial score (nSPS) is 22.5.